The lowest BCUT2D eigenvalue weighted by Crippen LogP contribution is -2.46. The Hall–Kier alpha value is -2.11. The van der Waals surface area contributed by atoms with Crippen LogP contribution in [0.25, 0.3) is 0 Å². The van der Waals surface area contributed by atoms with Crippen molar-refractivity contribution in [1.29, 1.82) is 0 Å². The summed E-state index contributed by atoms with van der Waals surface area (Å²) < 4.78 is 5.28. The summed E-state index contributed by atoms with van der Waals surface area (Å²) in [6.45, 7) is 8.94. The van der Waals surface area contributed by atoms with Gasteiger partial charge in [-0.05, 0) is 55.1 Å². The maximum Gasteiger partial charge on any atom is 0.311 e. The number of carbonyl (C=O) groups is 1. The summed E-state index contributed by atoms with van der Waals surface area (Å²) in [4.78, 5) is 23.4. The minimum absolute atomic E-state index is 0.0739. The minimum Gasteiger partial charge on any atom is -0.487 e. The first-order valence-electron chi connectivity index (χ1n) is 8.93. The van der Waals surface area contributed by atoms with Gasteiger partial charge in [-0.1, -0.05) is 20.8 Å². The van der Waals surface area contributed by atoms with Crippen molar-refractivity contribution in [1.82, 2.24) is 5.32 Å². The molecule has 3 unspecified atom stereocenters. The van der Waals surface area contributed by atoms with Gasteiger partial charge >= 0.3 is 5.69 Å². The number of rotatable bonds is 5. The highest BCUT2D eigenvalue weighted by molar-refractivity contribution is 5.95. The molecule has 3 rings (SSSR count). The summed E-state index contributed by atoms with van der Waals surface area (Å²) in [5, 5.41) is 14.4. The lowest BCUT2D eigenvalue weighted by Gasteiger charge is -2.39. The van der Waals surface area contributed by atoms with E-state index >= 15 is 0 Å². The zero-order valence-corrected chi connectivity index (χ0v) is 15.3. The van der Waals surface area contributed by atoms with Crippen molar-refractivity contribution >= 4 is 11.6 Å². The van der Waals surface area contributed by atoms with Crippen LogP contribution >= 0.6 is 0 Å². The van der Waals surface area contributed by atoms with E-state index in [1.54, 1.807) is 13.0 Å². The SMILES string of the molecule is CCOc1ccc(C(=O)NC2CC3CCC2(C)C3(C)C)cc1[N+](=O)[O-]. The van der Waals surface area contributed by atoms with Gasteiger partial charge in [0.05, 0.1) is 11.5 Å². The molecule has 6 nitrogen and oxygen atoms in total. The van der Waals surface area contributed by atoms with Gasteiger partial charge in [-0.15, -0.1) is 0 Å². The smallest absolute Gasteiger partial charge is 0.311 e. The molecule has 25 heavy (non-hydrogen) atoms. The van der Waals surface area contributed by atoms with Crippen LogP contribution in [0.1, 0.15) is 57.3 Å². The van der Waals surface area contributed by atoms with Gasteiger partial charge in [-0.25, -0.2) is 0 Å². The van der Waals surface area contributed by atoms with Crippen LogP contribution < -0.4 is 10.1 Å². The van der Waals surface area contributed by atoms with Crippen LogP contribution in [0.15, 0.2) is 18.2 Å². The summed E-state index contributed by atoms with van der Waals surface area (Å²) in [5.41, 5.74) is 0.411. The Bertz CT molecular complexity index is 715. The maximum absolute atomic E-state index is 12.7. The molecule has 3 atom stereocenters. The molecule has 6 heteroatoms. The van der Waals surface area contributed by atoms with Crippen molar-refractivity contribution in [2.45, 2.75) is 53.0 Å². The Balaban J connectivity index is 1.81. The first kappa shape index (κ1) is 17.7. The van der Waals surface area contributed by atoms with Crippen molar-refractivity contribution in [3.05, 3.63) is 33.9 Å². The third-order valence-electron chi connectivity index (χ3n) is 6.82. The predicted molar refractivity (Wildman–Crippen MR) is 94.7 cm³/mol. The summed E-state index contributed by atoms with van der Waals surface area (Å²) >= 11 is 0. The number of hydrogen-bond donors (Lipinski definition) is 1. The van der Waals surface area contributed by atoms with Crippen LogP contribution in [-0.2, 0) is 0 Å². The molecule has 0 saturated heterocycles. The van der Waals surface area contributed by atoms with Crippen LogP contribution in [0.4, 0.5) is 5.69 Å². The number of nitro benzene ring substituents is 1. The molecule has 0 spiro atoms. The van der Waals surface area contributed by atoms with Crippen LogP contribution in [0, 0.1) is 26.9 Å². The molecule has 2 aliphatic rings. The molecular weight excluding hydrogens is 320 g/mol. The molecular formula is C19H26N2O4. The first-order chi connectivity index (χ1) is 11.7. The van der Waals surface area contributed by atoms with Gasteiger partial charge in [0.25, 0.3) is 5.91 Å². The Morgan fingerprint density at radius 2 is 2.12 bits per heavy atom. The molecule has 0 aliphatic heterocycles. The normalized spacial score (nSPS) is 29.4. The van der Waals surface area contributed by atoms with Gasteiger partial charge in [0.1, 0.15) is 0 Å². The lowest BCUT2D eigenvalue weighted by atomic mass is 9.69. The number of carbonyl (C=O) groups excluding carboxylic acids is 1. The fourth-order valence-electron chi connectivity index (χ4n) is 4.74. The lowest BCUT2D eigenvalue weighted by molar-refractivity contribution is -0.385. The summed E-state index contributed by atoms with van der Waals surface area (Å²) in [6, 6.07) is 4.51. The van der Waals surface area contributed by atoms with E-state index in [0.29, 0.717) is 18.1 Å². The molecule has 2 fully saturated rings. The van der Waals surface area contributed by atoms with E-state index in [9.17, 15) is 14.9 Å². The van der Waals surface area contributed by atoms with E-state index in [4.69, 9.17) is 4.74 Å². The molecule has 0 aromatic heterocycles. The second kappa shape index (κ2) is 6.00. The molecule has 2 bridgehead atoms. The minimum atomic E-state index is -0.510. The molecule has 2 saturated carbocycles. The largest absolute Gasteiger partial charge is 0.487 e. The Labute approximate surface area is 148 Å². The highest BCUT2D eigenvalue weighted by Crippen LogP contribution is 2.65. The fourth-order valence-corrected chi connectivity index (χ4v) is 4.74. The van der Waals surface area contributed by atoms with E-state index in [0.717, 1.165) is 12.8 Å². The quantitative estimate of drug-likeness (QED) is 0.647. The topological polar surface area (TPSA) is 81.5 Å². The Kier molecular flexibility index (Phi) is 4.25. The van der Waals surface area contributed by atoms with Gasteiger partial charge in [-0.3, -0.25) is 14.9 Å². The highest BCUT2D eigenvalue weighted by atomic mass is 16.6. The molecule has 1 N–H and O–H groups in total. The van der Waals surface area contributed by atoms with Crippen LogP contribution in [0.5, 0.6) is 5.75 Å². The van der Waals surface area contributed by atoms with E-state index in [2.05, 4.69) is 26.1 Å². The average molecular weight is 346 g/mol. The molecule has 2 aliphatic carbocycles. The Morgan fingerprint density at radius 3 is 2.64 bits per heavy atom. The molecule has 136 valence electrons. The third-order valence-corrected chi connectivity index (χ3v) is 6.82. The van der Waals surface area contributed by atoms with Crippen LogP contribution in [0.3, 0.4) is 0 Å². The van der Waals surface area contributed by atoms with Gasteiger partial charge < -0.3 is 10.1 Å². The number of benzene rings is 1. The molecule has 0 radical (unpaired) electrons. The van der Waals surface area contributed by atoms with Crippen molar-refractivity contribution in [2.75, 3.05) is 6.61 Å². The van der Waals surface area contributed by atoms with Gasteiger partial charge in [0, 0.05) is 17.7 Å². The third kappa shape index (κ3) is 2.68. The summed E-state index contributed by atoms with van der Waals surface area (Å²) in [7, 11) is 0. The zero-order valence-electron chi connectivity index (χ0n) is 15.3. The standard InChI is InChI=1S/C19H26N2O4/c1-5-25-15-7-6-12(10-14(15)21(23)24)17(22)20-16-11-13-8-9-19(16,4)18(13,2)3/h6-7,10,13,16H,5,8-9,11H2,1-4H3,(H,20,22). The Morgan fingerprint density at radius 1 is 1.40 bits per heavy atom. The number of nitrogens with zero attached hydrogens (tertiary/aromatic N) is 1. The second-order valence-electron chi connectivity index (χ2n) is 8.01. The number of amides is 1. The van der Waals surface area contributed by atoms with Crippen LogP contribution in [-0.4, -0.2) is 23.5 Å². The molecule has 1 amide bonds. The van der Waals surface area contributed by atoms with Gasteiger partial charge in [-0.2, -0.15) is 0 Å². The number of ether oxygens (including phenoxy) is 1. The van der Waals surface area contributed by atoms with E-state index < -0.39 is 4.92 Å². The van der Waals surface area contributed by atoms with Crippen molar-refractivity contribution < 1.29 is 14.5 Å². The van der Waals surface area contributed by atoms with Crippen molar-refractivity contribution in [3.8, 4) is 5.75 Å². The van der Waals surface area contributed by atoms with E-state index in [-0.39, 0.29) is 34.2 Å². The summed E-state index contributed by atoms with van der Waals surface area (Å²) in [5.74, 6) is 0.565. The summed E-state index contributed by atoms with van der Waals surface area (Å²) in [6.07, 6.45) is 3.30. The fraction of sp³-hybridized carbons (Fsp3) is 0.632. The average Bonchev–Trinajstić information content (AvgIpc) is 2.88. The second-order valence-corrected chi connectivity index (χ2v) is 8.01. The van der Waals surface area contributed by atoms with Crippen LogP contribution in [0.2, 0.25) is 0 Å². The van der Waals surface area contributed by atoms with E-state index in [1.807, 2.05) is 0 Å². The number of fused-ring (bicyclic) bond motifs is 2. The number of hydrogen-bond acceptors (Lipinski definition) is 4. The maximum atomic E-state index is 12.7. The molecule has 0 heterocycles. The predicted octanol–water partition coefficient (Wildman–Crippen LogP) is 3.94. The molecule has 1 aromatic rings. The van der Waals surface area contributed by atoms with Crippen molar-refractivity contribution in [3.63, 3.8) is 0 Å². The first-order valence-corrected chi connectivity index (χ1v) is 8.93. The number of nitrogens with one attached hydrogen (secondary N) is 1. The zero-order chi connectivity index (χ0) is 18.4. The highest BCUT2D eigenvalue weighted by Gasteiger charge is 2.61. The molecule has 1 aromatic carbocycles. The number of nitro groups is 1. The van der Waals surface area contributed by atoms with Gasteiger partial charge in [0.15, 0.2) is 5.75 Å². The van der Waals surface area contributed by atoms with Crippen molar-refractivity contribution in [2.24, 2.45) is 16.7 Å². The van der Waals surface area contributed by atoms with E-state index in [1.165, 1.54) is 18.6 Å². The monoisotopic (exact) mass is 346 g/mol. The van der Waals surface area contributed by atoms with Gasteiger partial charge in [0.2, 0.25) is 0 Å².